The maximum absolute atomic E-state index is 11.9. The van der Waals surface area contributed by atoms with E-state index in [9.17, 15) is 14.4 Å². The first kappa shape index (κ1) is 17.2. The first-order chi connectivity index (χ1) is 11.1. The van der Waals surface area contributed by atoms with Gasteiger partial charge >= 0.3 is 0 Å². The quantitative estimate of drug-likeness (QED) is 0.725. The number of rotatable bonds is 7. The normalized spacial score (nSPS) is 15.3. The number of carbonyl (C=O) groups is 2. The van der Waals surface area contributed by atoms with Gasteiger partial charge in [0.15, 0.2) is 0 Å². The SMILES string of the molecule is NC(=O)c1ccc(=O)n(CC(=O)NCCCC2CCCCC2)n1. The lowest BCUT2D eigenvalue weighted by atomic mass is 9.86. The highest BCUT2D eigenvalue weighted by atomic mass is 16.2. The van der Waals surface area contributed by atoms with E-state index >= 15 is 0 Å². The van der Waals surface area contributed by atoms with Crippen LogP contribution < -0.4 is 16.6 Å². The van der Waals surface area contributed by atoms with Crippen LogP contribution in [0.25, 0.3) is 0 Å². The second kappa shape index (κ2) is 8.45. The van der Waals surface area contributed by atoms with Crippen LogP contribution in [-0.2, 0) is 11.3 Å². The van der Waals surface area contributed by atoms with E-state index in [4.69, 9.17) is 5.73 Å². The molecule has 1 aromatic heterocycles. The first-order valence-corrected chi connectivity index (χ1v) is 8.21. The van der Waals surface area contributed by atoms with Gasteiger partial charge in [-0.15, -0.1) is 0 Å². The molecule has 0 aromatic carbocycles. The Bertz CT molecular complexity index is 606. The maximum Gasteiger partial charge on any atom is 0.269 e. The van der Waals surface area contributed by atoms with Gasteiger partial charge in [0.2, 0.25) is 5.91 Å². The first-order valence-electron chi connectivity index (χ1n) is 8.21. The number of carbonyl (C=O) groups excluding carboxylic acids is 2. The maximum atomic E-state index is 11.9. The number of aromatic nitrogens is 2. The molecule has 7 heteroatoms. The van der Waals surface area contributed by atoms with Crippen molar-refractivity contribution >= 4 is 11.8 Å². The molecule has 23 heavy (non-hydrogen) atoms. The van der Waals surface area contributed by atoms with E-state index in [1.165, 1.54) is 44.2 Å². The average Bonchev–Trinajstić information content (AvgIpc) is 2.54. The van der Waals surface area contributed by atoms with Gasteiger partial charge in [-0.25, -0.2) is 4.68 Å². The van der Waals surface area contributed by atoms with Crippen LogP contribution in [0.5, 0.6) is 0 Å². The highest BCUT2D eigenvalue weighted by Gasteiger charge is 2.13. The molecule has 2 amide bonds. The van der Waals surface area contributed by atoms with Crippen molar-refractivity contribution in [2.45, 2.75) is 51.5 Å². The van der Waals surface area contributed by atoms with Gasteiger partial charge in [0, 0.05) is 12.6 Å². The molecule has 7 nitrogen and oxygen atoms in total. The lowest BCUT2D eigenvalue weighted by molar-refractivity contribution is -0.121. The third kappa shape index (κ3) is 5.50. The van der Waals surface area contributed by atoms with Crippen LogP contribution in [0.1, 0.15) is 55.4 Å². The molecule has 0 radical (unpaired) electrons. The molecule has 2 rings (SSSR count). The van der Waals surface area contributed by atoms with E-state index in [2.05, 4.69) is 10.4 Å². The smallest absolute Gasteiger partial charge is 0.269 e. The molecule has 0 spiro atoms. The van der Waals surface area contributed by atoms with Crippen LogP contribution in [0.15, 0.2) is 16.9 Å². The van der Waals surface area contributed by atoms with Crippen molar-refractivity contribution in [2.75, 3.05) is 6.54 Å². The Morgan fingerprint density at radius 3 is 2.70 bits per heavy atom. The lowest BCUT2D eigenvalue weighted by Gasteiger charge is -2.21. The fourth-order valence-corrected chi connectivity index (χ4v) is 2.98. The van der Waals surface area contributed by atoms with Crippen molar-refractivity contribution < 1.29 is 9.59 Å². The Balaban J connectivity index is 1.75. The van der Waals surface area contributed by atoms with Crippen LogP contribution in [0, 0.1) is 5.92 Å². The van der Waals surface area contributed by atoms with Gasteiger partial charge in [-0.3, -0.25) is 14.4 Å². The number of amides is 2. The van der Waals surface area contributed by atoms with Crippen molar-refractivity contribution in [1.29, 1.82) is 0 Å². The van der Waals surface area contributed by atoms with Gasteiger partial charge in [-0.1, -0.05) is 32.1 Å². The van der Waals surface area contributed by atoms with Crippen LogP contribution in [0.2, 0.25) is 0 Å². The van der Waals surface area contributed by atoms with Crippen LogP contribution >= 0.6 is 0 Å². The summed E-state index contributed by atoms with van der Waals surface area (Å²) < 4.78 is 0.955. The van der Waals surface area contributed by atoms with E-state index < -0.39 is 11.5 Å². The Morgan fingerprint density at radius 2 is 2.00 bits per heavy atom. The van der Waals surface area contributed by atoms with Crippen molar-refractivity contribution in [3.8, 4) is 0 Å². The summed E-state index contributed by atoms with van der Waals surface area (Å²) in [6, 6.07) is 2.44. The Hall–Kier alpha value is -2.18. The minimum atomic E-state index is -0.730. The fourth-order valence-electron chi connectivity index (χ4n) is 2.98. The molecule has 1 fully saturated rings. The zero-order valence-corrected chi connectivity index (χ0v) is 13.3. The molecule has 0 saturated heterocycles. The molecular formula is C16H24N4O3. The Kier molecular flexibility index (Phi) is 6.31. The predicted octanol–water partition coefficient (Wildman–Crippen LogP) is 0.819. The zero-order valence-electron chi connectivity index (χ0n) is 13.3. The monoisotopic (exact) mass is 320 g/mol. The van der Waals surface area contributed by atoms with Gasteiger partial charge in [0.1, 0.15) is 12.2 Å². The van der Waals surface area contributed by atoms with Crippen LogP contribution in [0.3, 0.4) is 0 Å². The third-order valence-electron chi connectivity index (χ3n) is 4.25. The fraction of sp³-hybridized carbons (Fsp3) is 0.625. The molecule has 126 valence electrons. The number of nitrogens with two attached hydrogens (primary N) is 1. The minimum absolute atomic E-state index is 0.0327. The summed E-state index contributed by atoms with van der Waals surface area (Å²) >= 11 is 0. The minimum Gasteiger partial charge on any atom is -0.364 e. The molecule has 1 heterocycles. The molecule has 1 aromatic rings. The molecule has 3 N–H and O–H groups in total. The highest BCUT2D eigenvalue weighted by Crippen LogP contribution is 2.26. The molecule has 0 unspecified atom stereocenters. The second-order valence-electron chi connectivity index (χ2n) is 6.07. The summed E-state index contributed by atoms with van der Waals surface area (Å²) in [6.45, 7) is 0.392. The summed E-state index contributed by atoms with van der Waals surface area (Å²) in [4.78, 5) is 34.6. The predicted molar refractivity (Wildman–Crippen MR) is 85.8 cm³/mol. The van der Waals surface area contributed by atoms with E-state index in [1.54, 1.807) is 0 Å². The van der Waals surface area contributed by atoms with Gasteiger partial charge in [0.05, 0.1) is 0 Å². The summed E-state index contributed by atoms with van der Waals surface area (Å²) in [7, 11) is 0. The number of nitrogens with zero attached hydrogens (tertiary/aromatic N) is 2. The van der Waals surface area contributed by atoms with Gasteiger partial charge in [-0.2, -0.15) is 5.10 Å². The van der Waals surface area contributed by atoms with E-state index in [0.29, 0.717) is 6.54 Å². The van der Waals surface area contributed by atoms with Crippen molar-refractivity contribution in [3.63, 3.8) is 0 Å². The number of nitrogens with one attached hydrogen (secondary N) is 1. The molecule has 1 saturated carbocycles. The molecule has 1 aliphatic rings. The Morgan fingerprint density at radius 1 is 1.26 bits per heavy atom. The van der Waals surface area contributed by atoms with Crippen LogP contribution in [-0.4, -0.2) is 28.1 Å². The summed E-state index contributed by atoms with van der Waals surface area (Å²) in [5, 5.41) is 6.57. The topological polar surface area (TPSA) is 107 Å². The number of hydrogen-bond donors (Lipinski definition) is 2. The Labute approximate surface area is 135 Å². The number of primary amides is 1. The number of hydrogen-bond acceptors (Lipinski definition) is 4. The summed E-state index contributed by atoms with van der Waals surface area (Å²) in [5.74, 6) is -0.228. The van der Waals surface area contributed by atoms with E-state index in [1.807, 2.05) is 0 Å². The molecular weight excluding hydrogens is 296 g/mol. The zero-order chi connectivity index (χ0) is 16.7. The van der Waals surface area contributed by atoms with Crippen molar-refractivity contribution in [1.82, 2.24) is 15.1 Å². The van der Waals surface area contributed by atoms with Crippen LogP contribution in [0.4, 0.5) is 0 Å². The molecule has 0 bridgehead atoms. The summed E-state index contributed by atoms with van der Waals surface area (Å²) in [5.41, 5.74) is 4.64. The second-order valence-corrected chi connectivity index (χ2v) is 6.07. The van der Waals surface area contributed by atoms with Gasteiger partial charge < -0.3 is 11.1 Å². The van der Waals surface area contributed by atoms with E-state index in [-0.39, 0.29) is 18.1 Å². The van der Waals surface area contributed by atoms with Crippen molar-refractivity contribution in [2.24, 2.45) is 11.7 Å². The van der Waals surface area contributed by atoms with Crippen molar-refractivity contribution in [3.05, 3.63) is 28.2 Å². The standard InChI is InChI=1S/C16H24N4O3/c17-16(23)13-8-9-15(22)20(19-13)11-14(21)18-10-4-7-12-5-2-1-3-6-12/h8-9,12H,1-7,10-11H2,(H2,17,23)(H,18,21). The van der Waals surface area contributed by atoms with E-state index in [0.717, 1.165) is 23.4 Å². The summed E-state index contributed by atoms with van der Waals surface area (Å²) in [6.07, 6.45) is 8.67. The molecule has 0 atom stereocenters. The van der Waals surface area contributed by atoms with Gasteiger partial charge in [-0.05, 0) is 24.8 Å². The largest absolute Gasteiger partial charge is 0.364 e. The van der Waals surface area contributed by atoms with Gasteiger partial charge in [0.25, 0.3) is 11.5 Å². The molecule has 1 aliphatic carbocycles. The highest BCUT2D eigenvalue weighted by molar-refractivity contribution is 5.90. The molecule has 0 aliphatic heterocycles. The average molecular weight is 320 g/mol. The third-order valence-corrected chi connectivity index (χ3v) is 4.25. The lowest BCUT2D eigenvalue weighted by Crippen LogP contribution is -2.35.